The van der Waals surface area contributed by atoms with Crippen LogP contribution in [0.5, 0.6) is 0 Å². The number of hydrogen-bond acceptors (Lipinski definition) is 2. The Balaban J connectivity index is 1.94. The molecule has 24 heavy (non-hydrogen) atoms. The van der Waals surface area contributed by atoms with Gasteiger partial charge in [-0.05, 0) is 49.1 Å². The second-order valence-electron chi connectivity index (χ2n) is 6.22. The Kier molecular flexibility index (Phi) is 5.74. The molecule has 0 aliphatic carbocycles. The van der Waals surface area contributed by atoms with Gasteiger partial charge in [0.05, 0.1) is 13.0 Å². The van der Waals surface area contributed by atoms with E-state index in [1.165, 1.54) is 4.90 Å². The fraction of sp³-hybridized carbons (Fsp3) is 0.300. The number of likely N-dealkylation sites (N-methyl/N-ethyl adjacent to an activating group) is 1. The van der Waals surface area contributed by atoms with E-state index in [9.17, 15) is 9.59 Å². The van der Waals surface area contributed by atoms with Crippen molar-refractivity contribution in [3.63, 3.8) is 0 Å². The molecule has 0 heterocycles. The van der Waals surface area contributed by atoms with Gasteiger partial charge in [0.2, 0.25) is 11.8 Å². The third kappa shape index (κ3) is 4.69. The Morgan fingerprint density at radius 2 is 1.71 bits per heavy atom. The maximum Gasteiger partial charge on any atom is 0.243 e. The van der Waals surface area contributed by atoms with Crippen molar-refractivity contribution in [2.24, 2.45) is 0 Å². The Morgan fingerprint density at radius 1 is 1.00 bits per heavy atom. The number of aryl methyl sites for hydroxylation is 3. The molecule has 2 amide bonds. The molecule has 0 spiro atoms. The van der Waals surface area contributed by atoms with Crippen LogP contribution in [-0.2, 0) is 16.0 Å². The van der Waals surface area contributed by atoms with E-state index in [0.29, 0.717) is 6.42 Å². The molecule has 0 atom stereocenters. The zero-order chi connectivity index (χ0) is 17.7. The first-order valence-electron chi connectivity index (χ1n) is 8.02. The van der Waals surface area contributed by atoms with Gasteiger partial charge in [0, 0.05) is 12.7 Å². The predicted octanol–water partition coefficient (Wildman–Crippen LogP) is 3.25. The Bertz CT molecular complexity index is 753. The van der Waals surface area contributed by atoms with Crippen molar-refractivity contribution in [1.29, 1.82) is 0 Å². The van der Waals surface area contributed by atoms with E-state index in [-0.39, 0.29) is 18.4 Å². The minimum absolute atomic E-state index is 0.0398. The summed E-state index contributed by atoms with van der Waals surface area (Å²) >= 11 is 0. The molecule has 4 nitrogen and oxygen atoms in total. The average Bonchev–Trinajstić information content (AvgIpc) is 2.53. The molecule has 0 aliphatic heterocycles. The summed E-state index contributed by atoms with van der Waals surface area (Å²) in [6.45, 7) is 5.95. The standard InChI is InChI=1S/C20H24N2O2/c1-14-9-10-16(3)18(11-14)21-19(23)13-22(4)20(24)12-17-8-6-5-7-15(17)2/h5-11H,12-13H2,1-4H3,(H,21,23). The predicted molar refractivity (Wildman–Crippen MR) is 97.1 cm³/mol. The van der Waals surface area contributed by atoms with Gasteiger partial charge < -0.3 is 10.2 Å². The SMILES string of the molecule is Cc1ccc(C)c(NC(=O)CN(C)C(=O)Cc2ccccc2C)c1. The smallest absolute Gasteiger partial charge is 0.243 e. The largest absolute Gasteiger partial charge is 0.336 e. The van der Waals surface area contributed by atoms with Crippen LogP contribution in [0.1, 0.15) is 22.3 Å². The molecule has 126 valence electrons. The lowest BCUT2D eigenvalue weighted by atomic mass is 10.1. The molecular formula is C20H24N2O2. The van der Waals surface area contributed by atoms with E-state index in [0.717, 1.165) is 27.9 Å². The van der Waals surface area contributed by atoms with Gasteiger partial charge in [-0.25, -0.2) is 0 Å². The number of nitrogens with one attached hydrogen (secondary N) is 1. The highest BCUT2D eigenvalue weighted by molar-refractivity contribution is 5.95. The zero-order valence-electron chi connectivity index (χ0n) is 14.7. The Morgan fingerprint density at radius 3 is 2.42 bits per heavy atom. The van der Waals surface area contributed by atoms with Gasteiger partial charge in [-0.15, -0.1) is 0 Å². The fourth-order valence-electron chi connectivity index (χ4n) is 2.47. The maximum atomic E-state index is 12.3. The molecule has 0 saturated carbocycles. The van der Waals surface area contributed by atoms with Crippen molar-refractivity contribution in [2.45, 2.75) is 27.2 Å². The summed E-state index contributed by atoms with van der Waals surface area (Å²) in [4.78, 5) is 26.0. The topological polar surface area (TPSA) is 49.4 Å². The van der Waals surface area contributed by atoms with Crippen LogP contribution in [0.25, 0.3) is 0 Å². The summed E-state index contributed by atoms with van der Waals surface area (Å²) in [5.74, 6) is -0.259. The third-order valence-electron chi connectivity index (χ3n) is 4.08. The number of amides is 2. The van der Waals surface area contributed by atoms with E-state index in [1.54, 1.807) is 7.05 Å². The van der Waals surface area contributed by atoms with Crippen molar-refractivity contribution in [1.82, 2.24) is 4.90 Å². The molecule has 0 aromatic heterocycles. The van der Waals surface area contributed by atoms with Gasteiger partial charge in [-0.1, -0.05) is 36.4 Å². The van der Waals surface area contributed by atoms with Crippen LogP contribution in [0.15, 0.2) is 42.5 Å². The summed E-state index contributed by atoms with van der Waals surface area (Å²) in [5, 5.41) is 2.88. The maximum absolute atomic E-state index is 12.3. The molecular weight excluding hydrogens is 300 g/mol. The summed E-state index contributed by atoms with van der Waals surface area (Å²) in [6, 6.07) is 13.7. The van der Waals surface area contributed by atoms with Crippen molar-refractivity contribution < 1.29 is 9.59 Å². The van der Waals surface area contributed by atoms with Gasteiger partial charge >= 0.3 is 0 Å². The molecule has 0 unspecified atom stereocenters. The first kappa shape index (κ1) is 17.7. The van der Waals surface area contributed by atoms with Crippen LogP contribution in [0.2, 0.25) is 0 Å². The molecule has 1 N–H and O–H groups in total. The number of carbonyl (C=O) groups excluding carboxylic acids is 2. The first-order valence-corrected chi connectivity index (χ1v) is 8.02. The van der Waals surface area contributed by atoms with Crippen LogP contribution in [0, 0.1) is 20.8 Å². The normalized spacial score (nSPS) is 10.3. The molecule has 4 heteroatoms. The highest BCUT2D eigenvalue weighted by Crippen LogP contribution is 2.16. The van der Waals surface area contributed by atoms with E-state index in [1.807, 2.05) is 63.2 Å². The van der Waals surface area contributed by atoms with Crippen molar-refractivity contribution in [3.8, 4) is 0 Å². The van der Waals surface area contributed by atoms with E-state index >= 15 is 0 Å². The Labute approximate surface area is 143 Å². The van der Waals surface area contributed by atoms with Crippen LogP contribution in [0.3, 0.4) is 0 Å². The summed E-state index contributed by atoms with van der Waals surface area (Å²) in [5.41, 5.74) is 4.95. The number of rotatable bonds is 5. The van der Waals surface area contributed by atoms with Crippen LogP contribution in [-0.4, -0.2) is 30.3 Å². The second-order valence-corrected chi connectivity index (χ2v) is 6.22. The third-order valence-corrected chi connectivity index (χ3v) is 4.08. The second kappa shape index (κ2) is 7.77. The number of benzene rings is 2. The van der Waals surface area contributed by atoms with Gasteiger partial charge in [0.1, 0.15) is 0 Å². The van der Waals surface area contributed by atoms with Crippen molar-refractivity contribution in [2.75, 3.05) is 18.9 Å². The molecule has 0 radical (unpaired) electrons. The molecule has 0 fully saturated rings. The summed E-state index contributed by atoms with van der Waals surface area (Å²) < 4.78 is 0. The van der Waals surface area contributed by atoms with Crippen molar-refractivity contribution >= 4 is 17.5 Å². The minimum Gasteiger partial charge on any atom is -0.336 e. The molecule has 2 aromatic carbocycles. The van der Waals surface area contributed by atoms with Crippen LogP contribution >= 0.6 is 0 Å². The fourth-order valence-corrected chi connectivity index (χ4v) is 2.47. The number of anilines is 1. The van der Waals surface area contributed by atoms with E-state index < -0.39 is 0 Å². The highest BCUT2D eigenvalue weighted by atomic mass is 16.2. The number of hydrogen-bond donors (Lipinski definition) is 1. The summed E-state index contributed by atoms with van der Waals surface area (Å²) in [6.07, 6.45) is 0.305. The van der Waals surface area contributed by atoms with E-state index in [4.69, 9.17) is 0 Å². The highest BCUT2D eigenvalue weighted by Gasteiger charge is 2.15. The lowest BCUT2D eigenvalue weighted by Gasteiger charge is -2.18. The van der Waals surface area contributed by atoms with Crippen LogP contribution in [0.4, 0.5) is 5.69 Å². The van der Waals surface area contributed by atoms with Crippen molar-refractivity contribution in [3.05, 3.63) is 64.7 Å². The quantitative estimate of drug-likeness (QED) is 0.918. The van der Waals surface area contributed by atoms with E-state index in [2.05, 4.69) is 5.32 Å². The lowest BCUT2D eigenvalue weighted by molar-refractivity contribution is -0.132. The molecule has 0 bridgehead atoms. The van der Waals surface area contributed by atoms with Crippen LogP contribution < -0.4 is 5.32 Å². The molecule has 2 rings (SSSR count). The number of carbonyl (C=O) groups is 2. The lowest BCUT2D eigenvalue weighted by Crippen LogP contribution is -2.36. The van der Waals surface area contributed by atoms with Gasteiger partial charge in [0.15, 0.2) is 0 Å². The monoisotopic (exact) mass is 324 g/mol. The van der Waals surface area contributed by atoms with Gasteiger partial charge in [-0.3, -0.25) is 9.59 Å². The van der Waals surface area contributed by atoms with Gasteiger partial charge in [0.25, 0.3) is 0 Å². The first-order chi connectivity index (χ1) is 11.4. The minimum atomic E-state index is -0.190. The Hall–Kier alpha value is -2.62. The van der Waals surface area contributed by atoms with Gasteiger partial charge in [-0.2, -0.15) is 0 Å². The average molecular weight is 324 g/mol. The summed E-state index contributed by atoms with van der Waals surface area (Å²) in [7, 11) is 1.66. The molecule has 2 aromatic rings. The molecule has 0 saturated heterocycles. The molecule has 0 aliphatic rings. The number of nitrogens with zero attached hydrogens (tertiary/aromatic N) is 1. The zero-order valence-corrected chi connectivity index (χ0v) is 14.7.